The molecule has 1 fully saturated rings. The fourth-order valence-electron chi connectivity index (χ4n) is 3.43. The summed E-state index contributed by atoms with van der Waals surface area (Å²) in [6.45, 7) is 5.07. The maximum atomic E-state index is 12.1. The van der Waals surface area contributed by atoms with Crippen molar-refractivity contribution in [1.82, 2.24) is 9.80 Å². The Bertz CT molecular complexity index is 907. The summed E-state index contributed by atoms with van der Waals surface area (Å²) in [7, 11) is 0. The van der Waals surface area contributed by atoms with Crippen LogP contribution in [0.25, 0.3) is 0 Å². The number of aliphatic imine (C=N–C) groups is 1. The second kappa shape index (κ2) is 8.10. The third kappa shape index (κ3) is 3.78. The Labute approximate surface area is 169 Å². The van der Waals surface area contributed by atoms with E-state index in [1.54, 1.807) is 4.90 Å². The van der Waals surface area contributed by atoms with Gasteiger partial charge in [0.2, 0.25) is 0 Å². The molecule has 0 radical (unpaired) electrons. The first kappa shape index (κ1) is 18.6. The predicted octanol–water partition coefficient (Wildman–Crippen LogP) is 4.64. The third-order valence-electron chi connectivity index (χ3n) is 4.89. The van der Waals surface area contributed by atoms with Gasteiger partial charge < -0.3 is 19.9 Å². The highest BCUT2D eigenvalue weighted by Crippen LogP contribution is 2.36. The molecule has 0 unspecified atom stereocenters. The lowest BCUT2D eigenvalue weighted by atomic mass is 10.1. The molecule has 0 atom stereocenters. The molecule has 2 aliphatic heterocycles. The highest BCUT2D eigenvalue weighted by atomic mass is 35.5. The summed E-state index contributed by atoms with van der Waals surface area (Å²) in [6, 6.07) is 13.8. The summed E-state index contributed by atoms with van der Waals surface area (Å²) in [4.78, 5) is 21.1. The average molecular weight is 399 g/mol. The van der Waals surface area contributed by atoms with Crippen LogP contribution in [0.15, 0.2) is 47.5 Å². The molecule has 2 heterocycles. The average Bonchev–Trinajstić information content (AvgIpc) is 2.88. The number of ether oxygens (including phenoxy) is 1. The Morgan fingerprint density at radius 2 is 1.93 bits per heavy atom. The summed E-state index contributed by atoms with van der Waals surface area (Å²) >= 11 is 6.20. The van der Waals surface area contributed by atoms with Crippen LogP contribution in [0.3, 0.4) is 0 Å². The lowest BCUT2D eigenvalue weighted by Crippen LogP contribution is -2.51. The van der Waals surface area contributed by atoms with Crippen LogP contribution in [-0.4, -0.2) is 54.5 Å². The van der Waals surface area contributed by atoms with E-state index >= 15 is 0 Å². The number of piperazine rings is 1. The summed E-state index contributed by atoms with van der Waals surface area (Å²) in [5, 5.41) is 4.12. The zero-order valence-corrected chi connectivity index (χ0v) is 16.6. The molecule has 0 saturated carbocycles. The molecule has 1 amide bonds. The van der Waals surface area contributed by atoms with Gasteiger partial charge in [-0.15, -0.1) is 0 Å². The summed E-state index contributed by atoms with van der Waals surface area (Å²) in [6.07, 6.45) is 0.595. The summed E-state index contributed by atoms with van der Waals surface area (Å²) < 4.78 is 5.26. The number of rotatable bonds is 2. The van der Waals surface area contributed by atoms with Crippen molar-refractivity contribution in [3.05, 3.63) is 53.1 Å². The van der Waals surface area contributed by atoms with Crippen molar-refractivity contribution < 1.29 is 9.53 Å². The van der Waals surface area contributed by atoms with Crippen LogP contribution < -0.4 is 5.32 Å². The molecule has 7 heteroatoms. The van der Waals surface area contributed by atoms with E-state index in [-0.39, 0.29) is 6.09 Å². The van der Waals surface area contributed by atoms with Crippen LogP contribution in [-0.2, 0) is 4.74 Å². The van der Waals surface area contributed by atoms with E-state index in [4.69, 9.17) is 21.3 Å². The summed E-state index contributed by atoms with van der Waals surface area (Å²) in [5.74, 6) is 0.894. The van der Waals surface area contributed by atoms with Crippen molar-refractivity contribution in [1.29, 1.82) is 0 Å². The number of halogens is 1. The van der Waals surface area contributed by atoms with Gasteiger partial charge in [0, 0.05) is 42.5 Å². The lowest BCUT2D eigenvalue weighted by molar-refractivity contribution is 0.0880. The number of nitrogens with one attached hydrogen (secondary N) is 1. The van der Waals surface area contributed by atoms with Crippen molar-refractivity contribution in [2.24, 2.45) is 4.99 Å². The van der Waals surface area contributed by atoms with Gasteiger partial charge in [-0.1, -0.05) is 30.7 Å². The van der Waals surface area contributed by atoms with Gasteiger partial charge in [0.1, 0.15) is 5.84 Å². The number of carbonyl (C=O) groups is 1. The zero-order chi connectivity index (χ0) is 19.5. The second-order valence-electron chi connectivity index (χ2n) is 6.86. The van der Waals surface area contributed by atoms with Crippen LogP contribution in [0.4, 0.5) is 21.9 Å². The standard InChI is InChI=1S/C21H23ClN4O2/c1-2-13-28-21(27)26-11-9-25(10-12-26)20-16-5-3-4-6-17(16)23-18-8-7-15(22)14-19(18)24-20/h3-8,14,23H,2,9-13H2,1H3. The van der Waals surface area contributed by atoms with Crippen molar-refractivity contribution in [3.63, 3.8) is 0 Å². The fraction of sp³-hybridized carbons (Fsp3) is 0.333. The first-order valence-electron chi connectivity index (χ1n) is 9.57. The minimum absolute atomic E-state index is 0.233. The molecule has 1 N–H and O–H groups in total. The minimum atomic E-state index is -0.233. The minimum Gasteiger partial charge on any atom is -0.449 e. The number of fused-ring (bicyclic) bond motifs is 2. The van der Waals surface area contributed by atoms with Gasteiger partial charge in [-0.3, -0.25) is 0 Å². The largest absolute Gasteiger partial charge is 0.449 e. The van der Waals surface area contributed by atoms with E-state index in [0.717, 1.165) is 34.9 Å². The molecule has 4 rings (SSSR count). The Morgan fingerprint density at radius 1 is 1.14 bits per heavy atom. The lowest BCUT2D eigenvalue weighted by Gasteiger charge is -2.36. The van der Waals surface area contributed by atoms with E-state index in [1.165, 1.54) is 0 Å². The van der Waals surface area contributed by atoms with Crippen LogP contribution in [0.1, 0.15) is 18.9 Å². The highest BCUT2D eigenvalue weighted by molar-refractivity contribution is 6.31. The molecule has 2 aromatic carbocycles. The van der Waals surface area contributed by atoms with Gasteiger partial charge in [-0.05, 0) is 36.8 Å². The normalized spacial score (nSPS) is 15.7. The molecule has 6 nitrogen and oxygen atoms in total. The van der Waals surface area contributed by atoms with Crippen molar-refractivity contribution in [3.8, 4) is 0 Å². The summed E-state index contributed by atoms with van der Waals surface area (Å²) in [5.41, 5.74) is 3.78. The van der Waals surface area contributed by atoms with Gasteiger partial charge >= 0.3 is 6.09 Å². The predicted molar refractivity (Wildman–Crippen MR) is 112 cm³/mol. The Balaban J connectivity index is 1.60. The van der Waals surface area contributed by atoms with E-state index in [0.29, 0.717) is 37.8 Å². The first-order valence-corrected chi connectivity index (χ1v) is 9.95. The number of anilines is 2. The number of para-hydroxylation sites is 1. The Hall–Kier alpha value is -2.73. The first-order chi connectivity index (χ1) is 13.7. The van der Waals surface area contributed by atoms with Crippen molar-refractivity contribution in [2.45, 2.75) is 13.3 Å². The van der Waals surface area contributed by atoms with Gasteiger partial charge in [0.15, 0.2) is 0 Å². The van der Waals surface area contributed by atoms with E-state index in [9.17, 15) is 4.79 Å². The maximum Gasteiger partial charge on any atom is 0.409 e. The number of benzene rings is 2. The number of amidine groups is 1. The van der Waals surface area contributed by atoms with Crippen molar-refractivity contribution in [2.75, 3.05) is 38.1 Å². The van der Waals surface area contributed by atoms with E-state index < -0.39 is 0 Å². The van der Waals surface area contributed by atoms with E-state index in [2.05, 4.69) is 16.3 Å². The molecule has 0 aliphatic carbocycles. The monoisotopic (exact) mass is 398 g/mol. The smallest absolute Gasteiger partial charge is 0.409 e. The SMILES string of the molecule is CCCOC(=O)N1CCN(C2=Nc3cc(Cl)ccc3Nc3ccccc32)CC1. The van der Waals surface area contributed by atoms with Crippen molar-refractivity contribution >= 4 is 40.6 Å². The molecule has 28 heavy (non-hydrogen) atoms. The quantitative estimate of drug-likeness (QED) is 0.800. The molecule has 0 spiro atoms. The number of amides is 1. The number of carbonyl (C=O) groups excluding carboxylic acids is 1. The van der Waals surface area contributed by atoms with Gasteiger partial charge in [-0.2, -0.15) is 0 Å². The third-order valence-corrected chi connectivity index (χ3v) is 5.13. The molecule has 146 valence electrons. The molecule has 2 aromatic rings. The molecule has 0 bridgehead atoms. The van der Waals surface area contributed by atoms with Crippen LogP contribution >= 0.6 is 11.6 Å². The Morgan fingerprint density at radius 3 is 2.71 bits per heavy atom. The Kier molecular flexibility index (Phi) is 5.39. The second-order valence-corrected chi connectivity index (χ2v) is 7.29. The van der Waals surface area contributed by atoms with E-state index in [1.807, 2.05) is 43.3 Å². The number of hydrogen-bond acceptors (Lipinski definition) is 5. The van der Waals surface area contributed by atoms with Gasteiger partial charge in [-0.25, -0.2) is 9.79 Å². The molecule has 2 aliphatic rings. The highest BCUT2D eigenvalue weighted by Gasteiger charge is 2.27. The molecule has 0 aromatic heterocycles. The topological polar surface area (TPSA) is 57.2 Å². The van der Waals surface area contributed by atoms with Gasteiger partial charge in [0.05, 0.1) is 18.0 Å². The van der Waals surface area contributed by atoms with Gasteiger partial charge in [0.25, 0.3) is 0 Å². The molecule has 1 saturated heterocycles. The molecular weight excluding hydrogens is 376 g/mol. The zero-order valence-electron chi connectivity index (χ0n) is 15.8. The number of nitrogens with zero attached hydrogens (tertiary/aromatic N) is 3. The maximum absolute atomic E-state index is 12.1. The fourth-order valence-corrected chi connectivity index (χ4v) is 3.60. The van der Waals surface area contributed by atoms with Crippen LogP contribution in [0.5, 0.6) is 0 Å². The molecular formula is C21H23ClN4O2. The number of hydrogen-bond donors (Lipinski definition) is 1. The van der Waals surface area contributed by atoms with Crippen LogP contribution in [0, 0.1) is 0 Å². The van der Waals surface area contributed by atoms with Crippen LogP contribution in [0.2, 0.25) is 5.02 Å².